The van der Waals surface area contributed by atoms with Gasteiger partial charge in [0.2, 0.25) is 6.71 Å². The van der Waals surface area contributed by atoms with Crippen LogP contribution in [-0.2, 0) is 6.42 Å². The van der Waals surface area contributed by atoms with Gasteiger partial charge in [-0.25, -0.2) is 0 Å². The standard InChI is InChI=1S/C26H18BN/c1-16-7-6-9-19-20-14-13-18-15-17-8-2-3-10-21(17)27-22-11-4-5-12-23(22)28(25(16)19)26(20)24(18)27/h2-14H,15H2,1H3. The van der Waals surface area contributed by atoms with Gasteiger partial charge in [-0.3, -0.25) is 0 Å². The fraction of sp³-hybridized carbons (Fsp3) is 0.0769. The normalized spacial score (nSPS) is 13.7. The first-order valence-corrected chi connectivity index (χ1v) is 10.1. The lowest BCUT2D eigenvalue weighted by Crippen LogP contribution is -2.60. The van der Waals surface area contributed by atoms with E-state index in [9.17, 15) is 0 Å². The van der Waals surface area contributed by atoms with Crippen LogP contribution in [0.25, 0.3) is 27.5 Å². The lowest BCUT2D eigenvalue weighted by molar-refractivity contribution is 1.15. The van der Waals surface area contributed by atoms with Crippen LogP contribution in [0.4, 0.5) is 0 Å². The van der Waals surface area contributed by atoms with E-state index in [-0.39, 0.29) is 0 Å². The van der Waals surface area contributed by atoms with Crippen molar-refractivity contribution in [2.75, 3.05) is 0 Å². The SMILES string of the molecule is Cc1cccc2c3ccc4c5c3n(c12)-c1ccccc1B5c1ccccc1C4. The Morgan fingerprint density at radius 2 is 1.46 bits per heavy atom. The second-order valence-electron chi connectivity index (χ2n) is 8.21. The smallest absolute Gasteiger partial charge is 0.247 e. The molecule has 0 unspecified atom stereocenters. The van der Waals surface area contributed by atoms with Crippen LogP contribution in [-0.4, -0.2) is 11.3 Å². The molecule has 3 heterocycles. The van der Waals surface area contributed by atoms with E-state index in [1.807, 2.05) is 0 Å². The van der Waals surface area contributed by atoms with Gasteiger partial charge >= 0.3 is 0 Å². The molecule has 7 rings (SSSR count). The van der Waals surface area contributed by atoms with Crippen LogP contribution in [0.2, 0.25) is 0 Å². The summed E-state index contributed by atoms with van der Waals surface area (Å²) < 4.78 is 2.54. The second-order valence-corrected chi connectivity index (χ2v) is 8.21. The fourth-order valence-electron chi connectivity index (χ4n) is 5.71. The van der Waals surface area contributed by atoms with Crippen LogP contribution in [0.15, 0.2) is 78.9 Å². The van der Waals surface area contributed by atoms with Gasteiger partial charge in [0.1, 0.15) is 0 Å². The van der Waals surface area contributed by atoms with E-state index in [2.05, 4.69) is 90.4 Å². The van der Waals surface area contributed by atoms with Crippen molar-refractivity contribution in [1.29, 1.82) is 0 Å². The monoisotopic (exact) mass is 355 g/mol. The molecule has 0 fully saturated rings. The van der Waals surface area contributed by atoms with Gasteiger partial charge < -0.3 is 4.57 Å². The van der Waals surface area contributed by atoms with E-state index in [0.29, 0.717) is 6.71 Å². The van der Waals surface area contributed by atoms with Crippen LogP contribution in [0, 0.1) is 6.92 Å². The van der Waals surface area contributed by atoms with Gasteiger partial charge in [-0.15, -0.1) is 0 Å². The molecule has 28 heavy (non-hydrogen) atoms. The number of hydrogen-bond donors (Lipinski definition) is 0. The molecule has 0 N–H and O–H groups in total. The maximum Gasteiger partial charge on any atom is 0.247 e. The van der Waals surface area contributed by atoms with Crippen LogP contribution in [0.1, 0.15) is 16.7 Å². The highest BCUT2D eigenvalue weighted by molar-refractivity contribution is 6.98. The van der Waals surface area contributed by atoms with Gasteiger partial charge in [-0.2, -0.15) is 0 Å². The van der Waals surface area contributed by atoms with Gasteiger partial charge in [-0.1, -0.05) is 78.3 Å². The summed E-state index contributed by atoms with van der Waals surface area (Å²) in [4.78, 5) is 0. The highest BCUT2D eigenvalue weighted by Crippen LogP contribution is 2.36. The van der Waals surface area contributed by atoms with Crippen molar-refractivity contribution < 1.29 is 0 Å². The summed E-state index contributed by atoms with van der Waals surface area (Å²) in [5, 5.41) is 2.75. The highest BCUT2D eigenvalue weighted by Gasteiger charge is 2.38. The molecule has 0 atom stereocenters. The van der Waals surface area contributed by atoms with E-state index in [0.717, 1.165) is 6.42 Å². The first-order chi connectivity index (χ1) is 13.8. The molecule has 4 aromatic carbocycles. The van der Waals surface area contributed by atoms with Crippen molar-refractivity contribution in [3.63, 3.8) is 0 Å². The Morgan fingerprint density at radius 3 is 2.39 bits per heavy atom. The molecule has 0 bridgehead atoms. The van der Waals surface area contributed by atoms with Crippen molar-refractivity contribution in [3.05, 3.63) is 95.6 Å². The van der Waals surface area contributed by atoms with E-state index in [1.165, 1.54) is 60.6 Å². The van der Waals surface area contributed by atoms with Crippen LogP contribution in [0.3, 0.4) is 0 Å². The van der Waals surface area contributed by atoms with Gasteiger partial charge in [0.25, 0.3) is 0 Å². The number of rotatable bonds is 0. The average molecular weight is 355 g/mol. The molecule has 0 saturated heterocycles. The summed E-state index contributed by atoms with van der Waals surface area (Å²) in [6.07, 6.45) is 1.03. The minimum absolute atomic E-state index is 0.331. The summed E-state index contributed by atoms with van der Waals surface area (Å²) in [6, 6.07) is 29.5. The van der Waals surface area contributed by atoms with E-state index in [4.69, 9.17) is 0 Å². The van der Waals surface area contributed by atoms with Crippen molar-refractivity contribution in [1.82, 2.24) is 4.57 Å². The zero-order valence-corrected chi connectivity index (χ0v) is 15.7. The number of aryl methyl sites for hydroxylation is 1. The third kappa shape index (κ3) is 1.61. The van der Waals surface area contributed by atoms with Gasteiger partial charge in [0.15, 0.2) is 0 Å². The molecule has 0 spiro atoms. The largest absolute Gasteiger partial charge is 0.310 e. The summed E-state index contributed by atoms with van der Waals surface area (Å²) in [5.41, 5.74) is 12.8. The molecule has 130 valence electrons. The summed E-state index contributed by atoms with van der Waals surface area (Å²) in [7, 11) is 0. The summed E-state index contributed by atoms with van der Waals surface area (Å²) in [6.45, 7) is 2.57. The van der Waals surface area contributed by atoms with E-state index in [1.54, 1.807) is 0 Å². The van der Waals surface area contributed by atoms with Crippen LogP contribution >= 0.6 is 0 Å². The molecule has 1 aromatic heterocycles. The molecule has 0 aliphatic carbocycles. The van der Waals surface area contributed by atoms with Crippen molar-refractivity contribution in [2.45, 2.75) is 13.3 Å². The Labute approximate surface area is 164 Å². The first kappa shape index (κ1) is 14.8. The predicted molar refractivity (Wildman–Crippen MR) is 119 cm³/mol. The molecule has 5 aromatic rings. The van der Waals surface area contributed by atoms with Crippen molar-refractivity contribution in [3.8, 4) is 5.69 Å². The Balaban J connectivity index is 1.78. The Morgan fingerprint density at radius 1 is 0.679 bits per heavy atom. The Kier molecular flexibility index (Phi) is 2.62. The quantitative estimate of drug-likeness (QED) is 0.365. The van der Waals surface area contributed by atoms with Gasteiger partial charge in [0.05, 0.1) is 5.52 Å². The molecule has 2 aliphatic heterocycles. The van der Waals surface area contributed by atoms with Crippen molar-refractivity contribution >= 4 is 44.9 Å². The van der Waals surface area contributed by atoms with E-state index >= 15 is 0 Å². The lowest BCUT2D eigenvalue weighted by Gasteiger charge is -2.33. The molecule has 0 amide bonds. The maximum atomic E-state index is 2.54. The topological polar surface area (TPSA) is 4.93 Å². The molecule has 2 aliphatic rings. The minimum Gasteiger partial charge on any atom is -0.310 e. The number of para-hydroxylation sites is 2. The number of fused-ring (bicyclic) bond motifs is 8. The molecule has 1 nitrogen and oxygen atoms in total. The Bertz CT molecular complexity index is 1460. The van der Waals surface area contributed by atoms with Crippen LogP contribution in [0.5, 0.6) is 0 Å². The van der Waals surface area contributed by atoms with Crippen molar-refractivity contribution in [2.24, 2.45) is 0 Å². The molecule has 0 radical (unpaired) electrons. The number of benzene rings is 4. The third-order valence-electron chi connectivity index (χ3n) is 6.81. The minimum atomic E-state index is 0.331. The molecular formula is C26H18BN. The predicted octanol–water partition coefficient (Wildman–Crippen LogP) is 3.83. The highest BCUT2D eigenvalue weighted by atomic mass is 15.0. The molecule has 2 heteroatoms. The Hall–Kier alpha value is -3.26. The first-order valence-electron chi connectivity index (χ1n) is 10.1. The fourth-order valence-corrected chi connectivity index (χ4v) is 5.71. The van der Waals surface area contributed by atoms with E-state index < -0.39 is 0 Å². The molecule has 0 saturated carbocycles. The van der Waals surface area contributed by atoms with Gasteiger partial charge in [0, 0.05) is 22.0 Å². The summed E-state index contributed by atoms with van der Waals surface area (Å²) >= 11 is 0. The third-order valence-corrected chi connectivity index (χ3v) is 6.81. The number of hydrogen-bond acceptors (Lipinski definition) is 0. The van der Waals surface area contributed by atoms with Gasteiger partial charge in [-0.05, 0) is 47.0 Å². The maximum absolute atomic E-state index is 2.54. The summed E-state index contributed by atoms with van der Waals surface area (Å²) in [5.74, 6) is 0. The zero-order valence-electron chi connectivity index (χ0n) is 15.7. The number of nitrogens with zero attached hydrogens (tertiary/aromatic N) is 1. The zero-order chi connectivity index (χ0) is 18.4. The number of aromatic nitrogens is 1. The van der Waals surface area contributed by atoms with Crippen LogP contribution < -0.4 is 16.4 Å². The molecular weight excluding hydrogens is 337 g/mol. The second kappa shape index (κ2) is 4.96. The average Bonchev–Trinajstić information content (AvgIpc) is 3.09. The lowest BCUT2D eigenvalue weighted by atomic mass is 9.32.